The highest BCUT2D eigenvalue weighted by atomic mass is 15.0. The fourth-order valence-electron chi connectivity index (χ4n) is 8.94. The number of benzene rings is 9. The van der Waals surface area contributed by atoms with E-state index in [1.807, 2.05) is 0 Å². The maximum Gasteiger partial charge on any atom is 0.0541 e. The van der Waals surface area contributed by atoms with Gasteiger partial charge in [-0.25, -0.2) is 0 Å². The van der Waals surface area contributed by atoms with Gasteiger partial charge in [-0.3, -0.25) is 0 Å². The highest BCUT2D eigenvalue weighted by molar-refractivity contribution is 6.28. The number of rotatable bonds is 4. The van der Waals surface area contributed by atoms with E-state index in [4.69, 9.17) is 0 Å². The Labute approximate surface area is 330 Å². The minimum Gasteiger partial charge on any atom is -0.309 e. The van der Waals surface area contributed by atoms with E-state index >= 15 is 0 Å². The van der Waals surface area contributed by atoms with Gasteiger partial charge in [0, 0.05) is 16.5 Å². The maximum atomic E-state index is 2.43. The lowest BCUT2D eigenvalue weighted by molar-refractivity contribution is 0.590. The molecule has 0 amide bonds. The predicted molar refractivity (Wildman–Crippen MR) is 243 cm³/mol. The van der Waals surface area contributed by atoms with Crippen molar-refractivity contribution in [2.24, 2.45) is 0 Å². The summed E-state index contributed by atoms with van der Waals surface area (Å²) >= 11 is 0. The second kappa shape index (κ2) is 12.4. The van der Waals surface area contributed by atoms with E-state index in [0.29, 0.717) is 0 Å². The first-order valence-corrected chi connectivity index (χ1v) is 20.0. The van der Waals surface area contributed by atoms with Crippen molar-refractivity contribution >= 4 is 54.1 Å². The third-order valence-electron chi connectivity index (χ3n) is 12.1. The SMILES string of the molecule is Cc1ccc(-c2cc(-c3ccc(-n4c5ccccc5c5cc(-c6ccc(C(C)(C)C)cc6)ccc54)cc3)c3ccc4cc(C(C)(C)C)cc5ccc2c3c54)cc1. The molecule has 0 N–H and O–H groups in total. The Morgan fingerprint density at radius 3 is 1.52 bits per heavy atom. The molecule has 0 saturated heterocycles. The van der Waals surface area contributed by atoms with E-state index < -0.39 is 0 Å². The van der Waals surface area contributed by atoms with Crippen LogP contribution in [-0.2, 0) is 10.8 Å². The summed E-state index contributed by atoms with van der Waals surface area (Å²) in [5.41, 5.74) is 15.3. The van der Waals surface area contributed by atoms with Gasteiger partial charge in [0.1, 0.15) is 0 Å². The molecule has 10 aromatic rings. The van der Waals surface area contributed by atoms with Crippen LogP contribution in [0.2, 0.25) is 0 Å². The number of aromatic nitrogens is 1. The third kappa shape index (κ3) is 5.52. The van der Waals surface area contributed by atoms with Gasteiger partial charge in [-0.15, -0.1) is 0 Å². The summed E-state index contributed by atoms with van der Waals surface area (Å²) in [7, 11) is 0. The second-order valence-electron chi connectivity index (χ2n) is 17.9. The number of nitrogens with zero attached hydrogens (tertiary/aromatic N) is 1. The number of aryl methyl sites for hydroxylation is 1. The predicted octanol–water partition coefficient (Wildman–Crippen LogP) is 15.6. The molecule has 0 aliphatic heterocycles. The Bertz CT molecular complexity index is 3090. The van der Waals surface area contributed by atoms with Crippen LogP contribution < -0.4 is 0 Å². The molecule has 1 nitrogen and oxygen atoms in total. The molecule has 1 aromatic heterocycles. The van der Waals surface area contributed by atoms with Crippen molar-refractivity contribution in [3.05, 3.63) is 174 Å². The van der Waals surface area contributed by atoms with Gasteiger partial charge in [0.2, 0.25) is 0 Å². The monoisotopic (exact) mass is 721 g/mol. The van der Waals surface area contributed by atoms with Crippen molar-refractivity contribution in [3.63, 3.8) is 0 Å². The standard InChI is InChI=1S/C55H47N/c1-34-12-14-36(15-13-34)47-33-48(46-28-21-40-31-42(55(5,6)7)30-39-20-27-45(47)53(46)52(39)40)37-18-25-43(26-19-37)56-50-11-9-8-10-44(50)49-32-38(22-29-51(49)56)35-16-23-41(24-17-35)54(2,3)4/h8-33H,1-7H3. The van der Waals surface area contributed by atoms with E-state index in [9.17, 15) is 0 Å². The summed E-state index contributed by atoms with van der Waals surface area (Å²) in [4.78, 5) is 0. The van der Waals surface area contributed by atoms with Gasteiger partial charge in [0.05, 0.1) is 11.0 Å². The van der Waals surface area contributed by atoms with E-state index in [1.54, 1.807) is 0 Å². The van der Waals surface area contributed by atoms with Gasteiger partial charge in [0.25, 0.3) is 0 Å². The summed E-state index contributed by atoms with van der Waals surface area (Å²) in [5, 5.41) is 10.5. The zero-order valence-electron chi connectivity index (χ0n) is 33.5. The van der Waals surface area contributed by atoms with Crippen molar-refractivity contribution in [3.8, 4) is 39.1 Å². The van der Waals surface area contributed by atoms with Crippen LogP contribution in [0.5, 0.6) is 0 Å². The molecule has 0 atom stereocenters. The first-order chi connectivity index (χ1) is 26.9. The van der Waals surface area contributed by atoms with Crippen LogP contribution in [0.3, 0.4) is 0 Å². The summed E-state index contributed by atoms with van der Waals surface area (Å²) < 4.78 is 2.43. The van der Waals surface area contributed by atoms with Crippen molar-refractivity contribution in [2.45, 2.75) is 59.3 Å². The lowest BCUT2D eigenvalue weighted by Gasteiger charge is -2.23. The number of fused-ring (bicyclic) bond motifs is 3. The summed E-state index contributed by atoms with van der Waals surface area (Å²) in [5.74, 6) is 0. The van der Waals surface area contributed by atoms with Crippen molar-refractivity contribution in [1.29, 1.82) is 0 Å². The number of hydrogen-bond acceptors (Lipinski definition) is 0. The minimum atomic E-state index is 0.0709. The summed E-state index contributed by atoms with van der Waals surface area (Å²) in [6.07, 6.45) is 0. The third-order valence-corrected chi connectivity index (χ3v) is 12.1. The van der Waals surface area contributed by atoms with Crippen LogP contribution in [-0.4, -0.2) is 4.57 Å². The zero-order chi connectivity index (χ0) is 38.5. The van der Waals surface area contributed by atoms with Crippen LogP contribution in [0.15, 0.2) is 158 Å². The van der Waals surface area contributed by atoms with Crippen molar-refractivity contribution in [2.75, 3.05) is 0 Å². The van der Waals surface area contributed by atoms with E-state index in [1.165, 1.54) is 104 Å². The molecule has 0 unspecified atom stereocenters. The van der Waals surface area contributed by atoms with Gasteiger partial charge in [0.15, 0.2) is 0 Å². The van der Waals surface area contributed by atoms with Crippen LogP contribution >= 0.6 is 0 Å². The van der Waals surface area contributed by atoms with Crippen molar-refractivity contribution in [1.82, 2.24) is 4.57 Å². The first kappa shape index (κ1) is 34.3. The Balaban J connectivity index is 1.13. The number of hydrogen-bond donors (Lipinski definition) is 0. The van der Waals surface area contributed by atoms with Crippen LogP contribution in [0.4, 0.5) is 0 Å². The molecule has 9 aromatic carbocycles. The quantitative estimate of drug-likeness (QED) is 0.160. The molecule has 0 aliphatic carbocycles. The van der Waals surface area contributed by atoms with Gasteiger partial charge >= 0.3 is 0 Å². The molecule has 272 valence electrons. The molecule has 1 heterocycles. The second-order valence-corrected chi connectivity index (χ2v) is 17.9. The van der Waals surface area contributed by atoms with E-state index in [0.717, 1.165) is 5.69 Å². The molecule has 0 bridgehead atoms. The largest absolute Gasteiger partial charge is 0.309 e. The highest BCUT2D eigenvalue weighted by Crippen LogP contribution is 2.45. The molecule has 0 aliphatic rings. The fraction of sp³-hybridized carbons (Fsp3) is 0.164. The van der Waals surface area contributed by atoms with E-state index in [2.05, 4.69) is 211 Å². The average molecular weight is 722 g/mol. The van der Waals surface area contributed by atoms with Gasteiger partial charge in [-0.2, -0.15) is 0 Å². The molecule has 56 heavy (non-hydrogen) atoms. The molecule has 0 radical (unpaired) electrons. The highest BCUT2D eigenvalue weighted by Gasteiger charge is 2.21. The van der Waals surface area contributed by atoms with Crippen LogP contribution in [0.1, 0.15) is 58.2 Å². The van der Waals surface area contributed by atoms with Crippen LogP contribution in [0, 0.1) is 6.92 Å². The summed E-state index contributed by atoms with van der Waals surface area (Å²) in [6.45, 7) is 15.9. The minimum absolute atomic E-state index is 0.0709. The van der Waals surface area contributed by atoms with Gasteiger partial charge in [-0.05, 0) is 131 Å². The lowest BCUT2D eigenvalue weighted by atomic mass is 9.81. The molecule has 0 saturated carbocycles. The molecule has 0 fully saturated rings. The molecular formula is C55H47N. The molecule has 0 spiro atoms. The lowest BCUT2D eigenvalue weighted by Crippen LogP contribution is -2.10. The molecule has 1 heteroatoms. The van der Waals surface area contributed by atoms with Crippen molar-refractivity contribution < 1.29 is 0 Å². The Morgan fingerprint density at radius 1 is 0.375 bits per heavy atom. The van der Waals surface area contributed by atoms with E-state index in [-0.39, 0.29) is 10.8 Å². The average Bonchev–Trinajstić information content (AvgIpc) is 3.53. The maximum absolute atomic E-state index is 2.43. The van der Waals surface area contributed by atoms with Gasteiger partial charge < -0.3 is 4.57 Å². The Morgan fingerprint density at radius 2 is 0.911 bits per heavy atom. The summed E-state index contributed by atoms with van der Waals surface area (Å²) in [6, 6.07) is 59.8. The number of para-hydroxylation sites is 1. The first-order valence-electron chi connectivity index (χ1n) is 20.0. The topological polar surface area (TPSA) is 4.93 Å². The van der Waals surface area contributed by atoms with Gasteiger partial charge in [-0.1, -0.05) is 168 Å². The zero-order valence-corrected chi connectivity index (χ0v) is 33.5. The molecule has 10 rings (SSSR count). The van der Waals surface area contributed by atoms with Crippen LogP contribution in [0.25, 0.3) is 93.2 Å². The normalized spacial score (nSPS) is 12.6. The Kier molecular flexibility index (Phi) is 7.61. The Hall–Kier alpha value is -6.18. The molecular weight excluding hydrogens is 675 g/mol. The smallest absolute Gasteiger partial charge is 0.0541 e. The fourth-order valence-corrected chi connectivity index (χ4v) is 8.94.